The number of ether oxygens (including phenoxy) is 1. The summed E-state index contributed by atoms with van der Waals surface area (Å²) in [6.07, 6.45) is 4.91. The molecule has 2 heterocycles. The minimum atomic E-state index is -0.241. The molecule has 1 aromatic carbocycles. The zero-order valence-electron chi connectivity index (χ0n) is 13.8. The summed E-state index contributed by atoms with van der Waals surface area (Å²) in [5.41, 5.74) is 2.11. The molecule has 0 aliphatic carbocycles. The van der Waals surface area contributed by atoms with Gasteiger partial charge in [0.15, 0.2) is 0 Å². The number of para-hydroxylation sites is 1. The van der Waals surface area contributed by atoms with Gasteiger partial charge in [-0.3, -0.25) is 14.5 Å². The molecule has 1 aromatic heterocycles. The summed E-state index contributed by atoms with van der Waals surface area (Å²) in [4.78, 5) is 26.2. The first-order valence-corrected chi connectivity index (χ1v) is 8.79. The van der Waals surface area contributed by atoms with E-state index in [1.54, 1.807) is 7.11 Å². The van der Waals surface area contributed by atoms with Crippen LogP contribution in [-0.2, 0) is 16.1 Å². The quantitative estimate of drug-likeness (QED) is 0.749. The summed E-state index contributed by atoms with van der Waals surface area (Å²) in [6.45, 7) is 3.69. The van der Waals surface area contributed by atoms with Crippen LogP contribution in [0.3, 0.4) is 0 Å². The Labute approximate surface area is 145 Å². The maximum absolute atomic E-state index is 12.4. The standard InChI is InChI=1S/C18H20N2O3S/c1-3-8-19-12-13(14-6-4-5-7-15(14)19)11-16-17(21)20(9-10-23-2)18(22)24-16/h4-7,11-12H,3,8-10H2,1-2H3/b16-11-. The van der Waals surface area contributed by atoms with E-state index >= 15 is 0 Å². The molecule has 0 saturated carbocycles. The number of methoxy groups -OCH3 is 1. The van der Waals surface area contributed by atoms with E-state index in [0.717, 1.165) is 41.2 Å². The molecule has 2 aromatic rings. The van der Waals surface area contributed by atoms with Crippen LogP contribution in [0.5, 0.6) is 0 Å². The molecule has 0 bridgehead atoms. The lowest BCUT2D eigenvalue weighted by Crippen LogP contribution is -2.31. The number of carbonyl (C=O) groups excluding carboxylic acids is 2. The Balaban J connectivity index is 1.96. The summed E-state index contributed by atoms with van der Waals surface area (Å²) >= 11 is 0.992. The predicted octanol–water partition coefficient (Wildman–Crippen LogP) is 3.73. The topological polar surface area (TPSA) is 51.5 Å². The molecule has 6 heteroatoms. The fraction of sp³-hybridized carbons (Fsp3) is 0.333. The van der Waals surface area contributed by atoms with Crippen LogP contribution in [0.1, 0.15) is 18.9 Å². The fourth-order valence-electron chi connectivity index (χ4n) is 2.83. The van der Waals surface area contributed by atoms with E-state index in [1.165, 1.54) is 4.90 Å². The van der Waals surface area contributed by atoms with Gasteiger partial charge in [0, 0.05) is 36.3 Å². The van der Waals surface area contributed by atoms with Gasteiger partial charge in [-0.1, -0.05) is 25.1 Å². The van der Waals surface area contributed by atoms with Gasteiger partial charge in [-0.05, 0) is 30.3 Å². The molecular weight excluding hydrogens is 324 g/mol. The number of nitrogens with zero attached hydrogens (tertiary/aromatic N) is 2. The molecule has 0 N–H and O–H groups in total. The Morgan fingerprint density at radius 1 is 1.21 bits per heavy atom. The van der Waals surface area contributed by atoms with Gasteiger partial charge in [-0.2, -0.15) is 0 Å². The Morgan fingerprint density at radius 2 is 2.00 bits per heavy atom. The molecule has 126 valence electrons. The number of hydrogen-bond donors (Lipinski definition) is 0. The van der Waals surface area contributed by atoms with Gasteiger partial charge in [-0.15, -0.1) is 0 Å². The maximum Gasteiger partial charge on any atom is 0.293 e. The van der Waals surface area contributed by atoms with E-state index < -0.39 is 0 Å². The van der Waals surface area contributed by atoms with Crippen molar-refractivity contribution < 1.29 is 14.3 Å². The number of aromatic nitrogens is 1. The molecule has 5 nitrogen and oxygen atoms in total. The Hall–Kier alpha value is -2.05. The smallest absolute Gasteiger partial charge is 0.293 e. The van der Waals surface area contributed by atoms with E-state index in [9.17, 15) is 9.59 Å². The van der Waals surface area contributed by atoms with Gasteiger partial charge in [0.25, 0.3) is 11.1 Å². The molecule has 0 radical (unpaired) electrons. The Morgan fingerprint density at radius 3 is 2.75 bits per heavy atom. The van der Waals surface area contributed by atoms with Crippen LogP contribution in [0, 0.1) is 0 Å². The second-order valence-electron chi connectivity index (χ2n) is 5.62. The molecule has 0 spiro atoms. The molecule has 1 saturated heterocycles. The molecule has 1 aliphatic rings. The number of benzene rings is 1. The number of thioether (sulfide) groups is 1. The van der Waals surface area contributed by atoms with Gasteiger partial charge in [0.05, 0.1) is 18.1 Å². The summed E-state index contributed by atoms with van der Waals surface area (Å²) in [5, 5.41) is 0.857. The molecule has 0 unspecified atom stereocenters. The first-order chi connectivity index (χ1) is 11.7. The zero-order valence-corrected chi connectivity index (χ0v) is 14.6. The zero-order chi connectivity index (χ0) is 17.1. The third-order valence-electron chi connectivity index (χ3n) is 3.96. The lowest BCUT2D eigenvalue weighted by atomic mass is 10.1. The van der Waals surface area contributed by atoms with E-state index in [0.29, 0.717) is 11.5 Å². The molecule has 1 fully saturated rings. The normalized spacial score (nSPS) is 16.8. The van der Waals surface area contributed by atoms with Gasteiger partial charge < -0.3 is 9.30 Å². The van der Waals surface area contributed by atoms with Crippen LogP contribution in [0.25, 0.3) is 17.0 Å². The van der Waals surface area contributed by atoms with E-state index in [1.807, 2.05) is 24.3 Å². The highest BCUT2D eigenvalue weighted by atomic mass is 32.2. The summed E-state index contributed by atoms with van der Waals surface area (Å²) < 4.78 is 7.15. The van der Waals surface area contributed by atoms with Crippen LogP contribution < -0.4 is 0 Å². The maximum atomic E-state index is 12.4. The van der Waals surface area contributed by atoms with E-state index in [-0.39, 0.29) is 17.7 Å². The molecular formula is C18H20N2O3S. The van der Waals surface area contributed by atoms with Crippen LogP contribution in [0.2, 0.25) is 0 Å². The summed E-state index contributed by atoms with van der Waals surface area (Å²) in [7, 11) is 1.55. The number of amides is 2. The summed E-state index contributed by atoms with van der Waals surface area (Å²) in [5.74, 6) is -0.241. The summed E-state index contributed by atoms with van der Waals surface area (Å²) in [6, 6.07) is 8.12. The average Bonchev–Trinajstić information content (AvgIpc) is 3.05. The number of fused-ring (bicyclic) bond motifs is 1. The Bertz CT molecular complexity index is 810. The van der Waals surface area contributed by atoms with Crippen molar-refractivity contribution in [2.75, 3.05) is 20.3 Å². The van der Waals surface area contributed by atoms with Crippen LogP contribution in [-0.4, -0.2) is 40.9 Å². The van der Waals surface area contributed by atoms with Crippen LogP contribution in [0.4, 0.5) is 4.79 Å². The van der Waals surface area contributed by atoms with Crippen molar-refractivity contribution >= 4 is 39.9 Å². The van der Waals surface area contributed by atoms with Gasteiger partial charge in [0.1, 0.15) is 0 Å². The average molecular weight is 344 g/mol. The van der Waals surface area contributed by atoms with E-state index in [4.69, 9.17) is 4.74 Å². The van der Waals surface area contributed by atoms with Crippen molar-refractivity contribution in [3.63, 3.8) is 0 Å². The predicted molar refractivity (Wildman–Crippen MR) is 96.8 cm³/mol. The molecule has 2 amide bonds. The number of hydrogen-bond acceptors (Lipinski definition) is 4. The van der Waals surface area contributed by atoms with Gasteiger partial charge >= 0.3 is 0 Å². The monoisotopic (exact) mass is 344 g/mol. The van der Waals surface area contributed by atoms with Gasteiger partial charge in [0.2, 0.25) is 0 Å². The third kappa shape index (κ3) is 3.12. The van der Waals surface area contributed by atoms with E-state index in [2.05, 4.69) is 23.8 Å². The van der Waals surface area contributed by atoms with Crippen LogP contribution >= 0.6 is 11.8 Å². The number of aryl methyl sites for hydroxylation is 1. The fourth-order valence-corrected chi connectivity index (χ4v) is 3.69. The van der Waals surface area contributed by atoms with Crippen molar-refractivity contribution in [2.24, 2.45) is 0 Å². The highest BCUT2D eigenvalue weighted by molar-refractivity contribution is 8.18. The van der Waals surface area contributed by atoms with Crippen molar-refractivity contribution in [3.05, 3.63) is 40.9 Å². The SMILES string of the molecule is CCCn1cc(/C=C2\SC(=O)N(CCOC)C2=O)c2ccccc21. The number of rotatable bonds is 6. The molecule has 0 atom stereocenters. The minimum Gasteiger partial charge on any atom is -0.383 e. The molecule has 1 aliphatic heterocycles. The first-order valence-electron chi connectivity index (χ1n) is 7.98. The Kier molecular flexibility index (Phi) is 5.06. The van der Waals surface area contributed by atoms with Crippen LogP contribution in [0.15, 0.2) is 35.4 Å². The highest BCUT2D eigenvalue weighted by Gasteiger charge is 2.34. The minimum absolute atomic E-state index is 0.236. The van der Waals surface area contributed by atoms with Crippen molar-refractivity contribution in [3.8, 4) is 0 Å². The number of imide groups is 1. The third-order valence-corrected chi connectivity index (χ3v) is 4.87. The highest BCUT2D eigenvalue weighted by Crippen LogP contribution is 2.34. The van der Waals surface area contributed by atoms with Crippen molar-refractivity contribution in [1.29, 1.82) is 0 Å². The van der Waals surface area contributed by atoms with Crippen molar-refractivity contribution in [2.45, 2.75) is 19.9 Å². The largest absolute Gasteiger partial charge is 0.383 e. The second kappa shape index (κ2) is 7.23. The number of carbonyl (C=O) groups is 2. The first kappa shape index (κ1) is 16.8. The second-order valence-corrected chi connectivity index (χ2v) is 6.61. The molecule has 3 rings (SSSR count). The van der Waals surface area contributed by atoms with Crippen molar-refractivity contribution in [1.82, 2.24) is 9.47 Å². The van der Waals surface area contributed by atoms with Gasteiger partial charge in [-0.25, -0.2) is 0 Å². The lowest BCUT2D eigenvalue weighted by Gasteiger charge is -2.10. The molecule has 24 heavy (non-hydrogen) atoms. The lowest BCUT2D eigenvalue weighted by molar-refractivity contribution is -0.123.